The zero-order valence-corrected chi connectivity index (χ0v) is 13.5. The Kier molecular flexibility index (Phi) is 6.36. The minimum atomic E-state index is -0.212. The number of urea groups is 1. The molecule has 118 valence electrons. The van der Waals surface area contributed by atoms with Crippen molar-refractivity contribution >= 4 is 22.5 Å². The number of carbonyl (C=O) groups is 1. The fourth-order valence-electron chi connectivity index (χ4n) is 2.02. The number of unbranched alkanes of at least 4 members (excludes halogenated alkanes) is 1. The standard InChI is InChI=1S/C16H21N3O2S/c1-2-3-9-19(10-11-20)16(21)18-15-17-12-14(22-15)13-7-5-4-6-8-13/h4-8,12,20H,2-3,9-11H2,1H3,(H,17,18,21). The SMILES string of the molecule is CCCCN(CCO)C(=O)Nc1ncc(-c2ccccc2)s1. The molecule has 0 bridgehead atoms. The van der Waals surface area contributed by atoms with Crippen molar-refractivity contribution in [2.75, 3.05) is 25.0 Å². The number of thiazole rings is 1. The van der Waals surface area contributed by atoms with Crippen LogP contribution in [-0.4, -0.2) is 40.7 Å². The largest absolute Gasteiger partial charge is 0.395 e. The first-order chi connectivity index (χ1) is 10.7. The lowest BCUT2D eigenvalue weighted by atomic mass is 10.2. The summed E-state index contributed by atoms with van der Waals surface area (Å²) in [4.78, 5) is 19.1. The Balaban J connectivity index is 2.00. The van der Waals surface area contributed by atoms with Gasteiger partial charge >= 0.3 is 6.03 Å². The molecule has 1 aromatic carbocycles. The van der Waals surface area contributed by atoms with Gasteiger partial charge in [-0.05, 0) is 12.0 Å². The predicted octanol–water partition coefficient (Wildman–Crippen LogP) is 3.44. The molecule has 5 nitrogen and oxygen atoms in total. The van der Waals surface area contributed by atoms with Crippen molar-refractivity contribution in [3.8, 4) is 10.4 Å². The molecular weight excluding hydrogens is 298 g/mol. The van der Waals surface area contributed by atoms with Gasteiger partial charge in [0.05, 0.1) is 11.5 Å². The molecule has 0 aliphatic heterocycles. The quantitative estimate of drug-likeness (QED) is 0.821. The van der Waals surface area contributed by atoms with Gasteiger partial charge in [-0.25, -0.2) is 9.78 Å². The third-order valence-corrected chi connectivity index (χ3v) is 4.18. The van der Waals surface area contributed by atoms with Gasteiger partial charge in [0.25, 0.3) is 0 Å². The fraction of sp³-hybridized carbons (Fsp3) is 0.375. The Morgan fingerprint density at radius 3 is 2.77 bits per heavy atom. The Morgan fingerprint density at radius 2 is 2.09 bits per heavy atom. The van der Waals surface area contributed by atoms with E-state index in [0.29, 0.717) is 18.2 Å². The summed E-state index contributed by atoms with van der Waals surface area (Å²) < 4.78 is 0. The molecule has 0 aliphatic rings. The van der Waals surface area contributed by atoms with Crippen LogP contribution in [0.15, 0.2) is 36.5 Å². The van der Waals surface area contributed by atoms with Crippen molar-refractivity contribution in [3.05, 3.63) is 36.5 Å². The van der Waals surface area contributed by atoms with Crippen LogP contribution in [0.2, 0.25) is 0 Å². The van der Waals surface area contributed by atoms with Crippen LogP contribution >= 0.6 is 11.3 Å². The number of carbonyl (C=O) groups excluding carboxylic acids is 1. The van der Waals surface area contributed by atoms with E-state index in [2.05, 4.69) is 17.2 Å². The van der Waals surface area contributed by atoms with Gasteiger partial charge < -0.3 is 10.0 Å². The molecule has 2 N–H and O–H groups in total. The average Bonchev–Trinajstić information content (AvgIpc) is 3.00. The molecule has 2 amide bonds. The van der Waals surface area contributed by atoms with Gasteiger partial charge in [0.2, 0.25) is 0 Å². The highest BCUT2D eigenvalue weighted by molar-refractivity contribution is 7.19. The van der Waals surface area contributed by atoms with Gasteiger partial charge in [0.15, 0.2) is 5.13 Å². The highest BCUT2D eigenvalue weighted by Crippen LogP contribution is 2.28. The van der Waals surface area contributed by atoms with Crippen LogP contribution in [0.1, 0.15) is 19.8 Å². The van der Waals surface area contributed by atoms with Crippen molar-refractivity contribution in [1.29, 1.82) is 0 Å². The number of nitrogens with zero attached hydrogens (tertiary/aromatic N) is 2. The summed E-state index contributed by atoms with van der Waals surface area (Å²) in [6.07, 6.45) is 3.68. The van der Waals surface area contributed by atoms with Gasteiger partial charge in [-0.15, -0.1) is 0 Å². The zero-order valence-electron chi connectivity index (χ0n) is 12.7. The molecule has 0 atom stereocenters. The number of hydrogen-bond donors (Lipinski definition) is 2. The minimum Gasteiger partial charge on any atom is -0.395 e. The Hall–Kier alpha value is -1.92. The number of aromatic nitrogens is 1. The maximum absolute atomic E-state index is 12.2. The first-order valence-electron chi connectivity index (χ1n) is 7.42. The third kappa shape index (κ3) is 4.54. The van der Waals surface area contributed by atoms with E-state index in [0.717, 1.165) is 23.3 Å². The molecule has 0 saturated carbocycles. The third-order valence-electron chi connectivity index (χ3n) is 3.22. The fourth-order valence-corrected chi connectivity index (χ4v) is 2.83. The highest BCUT2D eigenvalue weighted by atomic mass is 32.1. The lowest BCUT2D eigenvalue weighted by Crippen LogP contribution is -2.37. The number of aliphatic hydroxyl groups excluding tert-OH is 1. The predicted molar refractivity (Wildman–Crippen MR) is 90.1 cm³/mol. The molecule has 22 heavy (non-hydrogen) atoms. The van der Waals surface area contributed by atoms with E-state index < -0.39 is 0 Å². The number of nitrogens with one attached hydrogen (secondary N) is 1. The Labute approximate surface area is 134 Å². The van der Waals surface area contributed by atoms with E-state index in [1.54, 1.807) is 11.1 Å². The van der Waals surface area contributed by atoms with Crippen LogP contribution in [0, 0.1) is 0 Å². The summed E-state index contributed by atoms with van der Waals surface area (Å²) in [5, 5.41) is 12.5. The van der Waals surface area contributed by atoms with Crippen LogP contribution in [0.4, 0.5) is 9.93 Å². The second kappa shape index (κ2) is 8.51. The molecule has 0 spiro atoms. The van der Waals surface area contributed by atoms with E-state index in [9.17, 15) is 4.79 Å². The second-order valence-electron chi connectivity index (χ2n) is 4.89. The summed E-state index contributed by atoms with van der Waals surface area (Å²) in [6, 6.07) is 9.73. The minimum absolute atomic E-state index is 0.0374. The van der Waals surface area contributed by atoms with Gasteiger partial charge in [0.1, 0.15) is 0 Å². The molecule has 0 fully saturated rings. The molecule has 1 heterocycles. The molecule has 1 aromatic heterocycles. The van der Waals surface area contributed by atoms with E-state index >= 15 is 0 Å². The van der Waals surface area contributed by atoms with Crippen molar-refractivity contribution in [1.82, 2.24) is 9.88 Å². The van der Waals surface area contributed by atoms with E-state index in [1.165, 1.54) is 11.3 Å². The van der Waals surface area contributed by atoms with Crippen molar-refractivity contribution in [3.63, 3.8) is 0 Å². The Bertz CT molecular complexity index is 586. The van der Waals surface area contributed by atoms with Crippen LogP contribution < -0.4 is 5.32 Å². The molecule has 0 unspecified atom stereocenters. The van der Waals surface area contributed by atoms with Gasteiger partial charge in [-0.1, -0.05) is 55.0 Å². The monoisotopic (exact) mass is 319 g/mol. The van der Waals surface area contributed by atoms with Crippen molar-refractivity contribution in [2.24, 2.45) is 0 Å². The van der Waals surface area contributed by atoms with Gasteiger partial charge in [-0.2, -0.15) is 0 Å². The van der Waals surface area contributed by atoms with Gasteiger partial charge in [0, 0.05) is 19.3 Å². The molecule has 0 saturated heterocycles. The van der Waals surface area contributed by atoms with Crippen LogP contribution in [-0.2, 0) is 0 Å². The smallest absolute Gasteiger partial charge is 0.323 e. The highest BCUT2D eigenvalue weighted by Gasteiger charge is 2.14. The first kappa shape index (κ1) is 16.5. The summed E-state index contributed by atoms with van der Waals surface area (Å²) in [5.41, 5.74) is 1.08. The molecule has 2 aromatic rings. The normalized spacial score (nSPS) is 10.5. The Morgan fingerprint density at radius 1 is 1.32 bits per heavy atom. The number of amides is 2. The van der Waals surface area contributed by atoms with Crippen molar-refractivity contribution < 1.29 is 9.90 Å². The summed E-state index contributed by atoms with van der Waals surface area (Å²) in [7, 11) is 0. The lowest BCUT2D eigenvalue weighted by Gasteiger charge is -2.21. The van der Waals surface area contributed by atoms with Crippen LogP contribution in [0.3, 0.4) is 0 Å². The number of benzene rings is 1. The maximum Gasteiger partial charge on any atom is 0.323 e. The molecular formula is C16H21N3O2S. The number of anilines is 1. The lowest BCUT2D eigenvalue weighted by molar-refractivity contribution is 0.187. The van der Waals surface area contributed by atoms with E-state index in [4.69, 9.17) is 5.11 Å². The zero-order chi connectivity index (χ0) is 15.8. The second-order valence-corrected chi connectivity index (χ2v) is 5.92. The summed E-state index contributed by atoms with van der Waals surface area (Å²) >= 11 is 1.44. The van der Waals surface area contributed by atoms with E-state index in [1.807, 2.05) is 30.3 Å². The number of aliphatic hydroxyl groups is 1. The molecule has 6 heteroatoms. The van der Waals surface area contributed by atoms with E-state index in [-0.39, 0.29) is 12.6 Å². The molecule has 0 radical (unpaired) electrons. The number of hydrogen-bond acceptors (Lipinski definition) is 4. The first-order valence-corrected chi connectivity index (χ1v) is 8.24. The van der Waals surface area contributed by atoms with Crippen LogP contribution in [0.25, 0.3) is 10.4 Å². The molecule has 2 rings (SSSR count). The maximum atomic E-state index is 12.2. The van der Waals surface area contributed by atoms with Crippen LogP contribution in [0.5, 0.6) is 0 Å². The van der Waals surface area contributed by atoms with Gasteiger partial charge in [-0.3, -0.25) is 5.32 Å². The summed E-state index contributed by atoms with van der Waals surface area (Å²) in [6.45, 7) is 3.01. The number of rotatable bonds is 7. The average molecular weight is 319 g/mol. The molecule has 0 aliphatic carbocycles. The summed E-state index contributed by atoms with van der Waals surface area (Å²) in [5.74, 6) is 0. The van der Waals surface area contributed by atoms with Crippen molar-refractivity contribution in [2.45, 2.75) is 19.8 Å². The topological polar surface area (TPSA) is 65.5 Å².